The number of rotatable bonds is 6. The predicted molar refractivity (Wildman–Crippen MR) is 70.2 cm³/mol. The largest absolute Gasteiger partial charge is 0.480 e. The zero-order valence-electron chi connectivity index (χ0n) is 11.1. The molecule has 0 bridgehead atoms. The Labute approximate surface area is 110 Å². The highest BCUT2D eigenvalue weighted by Gasteiger charge is 2.35. The summed E-state index contributed by atoms with van der Waals surface area (Å²) >= 11 is 0. The third-order valence-corrected chi connectivity index (χ3v) is 3.25. The van der Waals surface area contributed by atoms with Crippen molar-refractivity contribution in [1.82, 2.24) is 4.98 Å². The highest BCUT2D eigenvalue weighted by molar-refractivity contribution is 5.82. The molecule has 0 radical (unpaired) electrons. The van der Waals surface area contributed by atoms with Crippen molar-refractivity contribution in [2.75, 3.05) is 5.32 Å². The van der Waals surface area contributed by atoms with Crippen molar-refractivity contribution in [1.29, 1.82) is 0 Å². The van der Waals surface area contributed by atoms with Gasteiger partial charge in [-0.25, -0.2) is 9.78 Å². The molecule has 0 unspecified atom stereocenters. The van der Waals surface area contributed by atoms with E-state index in [1.807, 2.05) is 0 Å². The molecule has 1 aromatic heterocycles. The molecule has 0 saturated carbocycles. The summed E-state index contributed by atoms with van der Waals surface area (Å²) in [6.07, 6.45) is 1.89. The molecule has 104 valence electrons. The van der Waals surface area contributed by atoms with Crippen LogP contribution in [0.5, 0.6) is 0 Å². The number of carbonyl (C=O) groups is 1. The molecule has 19 heavy (non-hydrogen) atoms. The van der Waals surface area contributed by atoms with Crippen LogP contribution in [0.25, 0.3) is 0 Å². The summed E-state index contributed by atoms with van der Waals surface area (Å²) in [6.45, 7) is 5.19. The Hall–Kier alpha value is -2.18. The van der Waals surface area contributed by atoms with Gasteiger partial charge in [0.2, 0.25) is 0 Å². The Morgan fingerprint density at radius 3 is 2.47 bits per heavy atom. The molecule has 1 rings (SSSR count). The van der Waals surface area contributed by atoms with E-state index in [1.165, 1.54) is 6.07 Å². The Kier molecular flexibility index (Phi) is 4.42. The van der Waals surface area contributed by atoms with E-state index in [1.54, 1.807) is 20.8 Å². The number of carboxylic acid groups (broad SMARTS) is 1. The van der Waals surface area contributed by atoms with Crippen LogP contribution in [0, 0.1) is 17.0 Å². The van der Waals surface area contributed by atoms with Gasteiger partial charge in [0.1, 0.15) is 17.6 Å². The first-order chi connectivity index (χ1) is 8.86. The molecule has 0 atom stereocenters. The fourth-order valence-electron chi connectivity index (χ4n) is 1.80. The zero-order chi connectivity index (χ0) is 14.6. The van der Waals surface area contributed by atoms with E-state index in [4.69, 9.17) is 0 Å². The summed E-state index contributed by atoms with van der Waals surface area (Å²) in [7, 11) is 0. The molecule has 0 spiro atoms. The maximum Gasteiger partial charge on any atom is 0.329 e. The zero-order valence-corrected chi connectivity index (χ0v) is 11.1. The summed E-state index contributed by atoms with van der Waals surface area (Å²) in [5.41, 5.74) is -0.674. The summed E-state index contributed by atoms with van der Waals surface area (Å²) in [4.78, 5) is 25.4. The first kappa shape index (κ1) is 14.9. The van der Waals surface area contributed by atoms with Crippen LogP contribution >= 0.6 is 0 Å². The van der Waals surface area contributed by atoms with E-state index in [2.05, 4.69) is 10.3 Å². The van der Waals surface area contributed by atoms with Gasteiger partial charge in [-0.3, -0.25) is 10.1 Å². The topological polar surface area (TPSA) is 105 Å². The van der Waals surface area contributed by atoms with Crippen LogP contribution in [0.4, 0.5) is 11.5 Å². The van der Waals surface area contributed by atoms with E-state index < -0.39 is 16.4 Å². The van der Waals surface area contributed by atoms with Crippen molar-refractivity contribution in [3.8, 4) is 0 Å². The van der Waals surface area contributed by atoms with Crippen molar-refractivity contribution in [2.24, 2.45) is 0 Å². The van der Waals surface area contributed by atoms with Crippen LogP contribution in [0.3, 0.4) is 0 Å². The van der Waals surface area contributed by atoms with Crippen molar-refractivity contribution in [2.45, 2.75) is 39.2 Å². The fourth-order valence-corrected chi connectivity index (χ4v) is 1.80. The number of pyridine rings is 1. The highest BCUT2D eigenvalue weighted by atomic mass is 16.6. The highest BCUT2D eigenvalue weighted by Crippen LogP contribution is 2.25. The van der Waals surface area contributed by atoms with E-state index in [9.17, 15) is 20.0 Å². The monoisotopic (exact) mass is 267 g/mol. The average molecular weight is 267 g/mol. The number of anilines is 1. The van der Waals surface area contributed by atoms with Gasteiger partial charge in [-0.1, -0.05) is 13.8 Å². The van der Waals surface area contributed by atoms with Crippen LogP contribution in [-0.2, 0) is 4.79 Å². The molecule has 7 nitrogen and oxygen atoms in total. The van der Waals surface area contributed by atoms with E-state index >= 15 is 0 Å². The van der Waals surface area contributed by atoms with E-state index in [0.29, 0.717) is 24.2 Å². The van der Waals surface area contributed by atoms with E-state index in [-0.39, 0.29) is 5.69 Å². The maximum atomic E-state index is 11.4. The molecule has 2 N–H and O–H groups in total. The van der Waals surface area contributed by atoms with Crippen LogP contribution in [0.15, 0.2) is 12.3 Å². The predicted octanol–water partition coefficient (Wildman–Crippen LogP) is 2.35. The summed E-state index contributed by atoms with van der Waals surface area (Å²) < 4.78 is 0. The van der Waals surface area contributed by atoms with Crippen molar-refractivity contribution in [3.05, 3.63) is 27.9 Å². The quantitative estimate of drug-likeness (QED) is 0.605. The molecule has 1 aromatic rings. The SMILES string of the molecule is CCC(CC)(Nc1ncc([N+](=O)[O-])cc1C)C(=O)O. The number of nitrogens with zero attached hydrogens (tertiary/aromatic N) is 2. The Morgan fingerprint density at radius 2 is 2.11 bits per heavy atom. The van der Waals surface area contributed by atoms with Crippen LogP contribution in [-0.4, -0.2) is 26.5 Å². The molecule has 0 saturated heterocycles. The lowest BCUT2D eigenvalue weighted by Crippen LogP contribution is -2.45. The molecule has 1 heterocycles. The molecule has 0 amide bonds. The van der Waals surface area contributed by atoms with Gasteiger partial charge >= 0.3 is 5.97 Å². The lowest BCUT2D eigenvalue weighted by molar-refractivity contribution is -0.385. The minimum atomic E-state index is -1.10. The molecular weight excluding hydrogens is 250 g/mol. The summed E-state index contributed by atoms with van der Waals surface area (Å²) in [6, 6.07) is 1.37. The standard InChI is InChI=1S/C12H17N3O4/c1-4-12(5-2,11(16)17)14-10-8(3)6-9(7-13-10)15(18)19/h6-7H,4-5H2,1-3H3,(H,13,14)(H,16,17). The number of hydrogen-bond acceptors (Lipinski definition) is 5. The molecule has 0 aliphatic rings. The van der Waals surface area contributed by atoms with Crippen LogP contribution in [0.2, 0.25) is 0 Å². The third kappa shape index (κ3) is 2.98. The Bertz CT molecular complexity index is 498. The molecule has 0 fully saturated rings. The normalized spacial score (nSPS) is 11.1. The van der Waals surface area contributed by atoms with Gasteiger partial charge in [-0.15, -0.1) is 0 Å². The van der Waals surface area contributed by atoms with Crippen molar-refractivity contribution < 1.29 is 14.8 Å². The molecule has 0 aliphatic carbocycles. The van der Waals surface area contributed by atoms with Crippen LogP contribution < -0.4 is 5.32 Å². The lowest BCUT2D eigenvalue weighted by atomic mass is 9.92. The minimum absolute atomic E-state index is 0.114. The Morgan fingerprint density at radius 1 is 1.53 bits per heavy atom. The van der Waals surface area contributed by atoms with Gasteiger partial charge in [0.15, 0.2) is 0 Å². The fraction of sp³-hybridized carbons (Fsp3) is 0.500. The first-order valence-corrected chi connectivity index (χ1v) is 5.99. The van der Waals surface area contributed by atoms with Gasteiger partial charge in [0.25, 0.3) is 5.69 Å². The number of hydrogen-bond donors (Lipinski definition) is 2. The number of carboxylic acids is 1. The second-order valence-electron chi connectivity index (χ2n) is 4.34. The number of aryl methyl sites for hydroxylation is 1. The van der Waals surface area contributed by atoms with Gasteiger partial charge in [0, 0.05) is 6.07 Å². The van der Waals surface area contributed by atoms with E-state index in [0.717, 1.165) is 6.20 Å². The molecule has 0 aromatic carbocycles. The van der Waals surface area contributed by atoms with Crippen LogP contribution in [0.1, 0.15) is 32.3 Å². The lowest BCUT2D eigenvalue weighted by Gasteiger charge is -2.29. The summed E-state index contributed by atoms with van der Waals surface area (Å²) in [5, 5.41) is 22.8. The van der Waals surface area contributed by atoms with Crippen molar-refractivity contribution in [3.63, 3.8) is 0 Å². The molecular formula is C12H17N3O4. The van der Waals surface area contributed by atoms with Gasteiger partial charge in [-0.2, -0.15) is 0 Å². The summed E-state index contributed by atoms with van der Waals surface area (Å²) in [5.74, 6) is -0.603. The second-order valence-corrected chi connectivity index (χ2v) is 4.34. The second kappa shape index (κ2) is 5.64. The van der Waals surface area contributed by atoms with Crippen molar-refractivity contribution >= 4 is 17.5 Å². The molecule has 7 heteroatoms. The minimum Gasteiger partial charge on any atom is -0.480 e. The maximum absolute atomic E-state index is 11.4. The number of nitro groups is 1. The number of aromatic nitrogens is 1. The third-order valence-electron chi connectivity index (χ3n) is 3.25. The Balaban J connectivity index is 3.11. The van der Waals surface area contributed by atoms with Gasteiger partial charge in [-0.05, 0) is 25.3 Å². The average Bonchev–Trinajstić information content (AvgIpc) is 2.37. The number of nitrogens with one attached hydrogen (secondary N) is 1. The van der Waals surface area contributed by atoms with Gasteiger partial charge in [0.05, 0.1) is 4.92 Å². The number of aliphatic carboxylic acids is 1. The molecule has 0 aliphatic heterocycles. The first-order valence-electron chi connectivity index (χ1n) is 5.99. The van der Waals surface area contributed by atoms with Gasteiger partial charge < -0.3 is 10.4 Å². The smallest absolute Gasteiger partial charge is 0.329 e.